The number of imidazole rings is 2. The van der Waals surface area contributed by atoms with Crippen LogP contribution >= 0.6 is 0 Å². The van der Waals surface area contributed by atoms with Crippen molar-refractivity contribution in [2.75, 3.05) is 0 Å². The fraction of sp³-hybridized carbons (Fsp3) is 0.0244. The molecule has 0 amide bonds. The van der Waals surface area contributed by atoms with Crippen molar-refractivity contribution in [3.8, 4) is 44.5 Å². The Morgan fingerprint density at radius 3 is 1.40 bits per heavy atom. The van der Waals surface area contributed by atoms with Gasteiger partial charge in [0.1, 0.15) is 0 Å². The molecule has 8 aromatic rings. The average molecular weight is 611 g/mol. The molecule has 0 aliphatic carbocycles. The van der Waals surface area contributed by atoms with Crippen LogP contribution in [0.4, 0.5) is 0 Å². The molecule has 0 radical (unpaired) electrons. The third kappa shape index (κ3) is 5.64. The molecule has 8 rings (SSSR count). The second kappa shape index (κ2) is 12.9. The van der Waals surface area contributed by atoms with Crippen LogP contribution in [0.25, 0.3) is 66.6 Å². The first-order valence-corrected chi connectivity index (χ1v) is 15.3. The number of H-pyrrole nitrogens is 1. The molecule has 6 aromatic carbocycles. The summed E-state index contributed by atoms with van der Waals surface area (Å²) in [6.07, 6.45) is 1.56. The molecule has 2 aromatic heterocycles. The third-order valence-electron chi connectivity index (χ3n) is 8.28. The number of carbonyl (C=O) groups is 2. The molecule has 1 N–H and O–H groups in total. The van der Waals surface area contributed by atoms with Gasteiger partial charge < -0.3 is 9.55 Å². The van der Waals surface area contributed by atoms with Gasteiger partial charge in [0, 0.05) is 29.3 Å². The largest absolute Gasteiger partial charge is 0.335 e. The molecule has 2 heterocycles. The Balaban J connectivity index is 0.000000150. The van der Waals surface area contributed by atoms with Crippen molar-refractivity contribution in [1.29, 1.82) is 0 Å². The number of aryl methyl sites for hydroxylation is 1. The SMILES string of the molecule is Cn1c(C=O)nc2c(-c3ccccc3)ccc(-c3ccccc3)c21.O=Cc1nc2c(-c3ccccc3)ccc(-c3ccccc3)c2[nH]1. The van der Waals surface area contributed by atoms with Gasteiger partial charge in [0.05, 0.1) is 22.1 Å². The summed E-state index contributed by atoms with van der Waals surface area (Å²) in [6, 6.07) is 48.8. The number of nitrogens with one attached hydrogen (secondary N) is 1. The number of carbonyl (C=O) groups excluding carboxylic acids is 2. The Morgan fingerprint density at radius 2 is 0.915 bits per heavy atom. The summed E-state index contributed by atoms with van der Waals surface area (Å²) in [5.41, 5.74) is 12.1. The van der Waals surface area contributed by atoms with E-state index in [0.29, 0.717) is 11.6 Å². The van der Waals surface area contributed by atoms with Crippen molar-refractivity contribution < 1.29 is 9.59 Å². The molecular formula is C41H30N4O2. The van der Waals surface area contributed by atoms with Crippen LogP contribution < -0.4 is 0 Å². The van der Waals surface area contributed by atoms with E-state index in [1.807, 2.05) is 96.5 Å². The monoisotopic (exact) mass is 610 g/mol. The smallest absolute Gasteiger partial charge is 0.185 e. The zero-order valence-electron chi connectivity index (χ0n) is 25.7. The molecule has 0 atom stereocenters. The summed E-state index contributed by atoms with van der Waals surface area (Å²) in [5.74, 6) is 0.783. The van der Waals surface area contributed by atoms with Crippen molar-refractivity contribution in [2.45, 2.75) is 0 Å². The van der Waals surface area contributed by atoms with Gasteiger partial charge in [-0.05, 0) is 22.3 Å². The lowest BCUT2D eigenvalue weighted by Gasteiger charge is -2.09. The molecule has 0 unspecified atom stereocenters. The molecule has 6 nitrogen and oxygen atoms in total. The van der Waals surface area contributed by atoms with Crippen LogP contribution in [0.3, 0.4) is 0 Å². The molecule has 0 fully saturated rings. The lowest BCUT2D eigenvalue weighted by molar-refractivity contribution is 0.110. The number of aromatic amines is 1. The third-order valence-corrected chi connectivity index (χ3v) is 8.28. The first-order valence-electron chi connectivity index (χ1n) is 15.3. The second-order valence-electron chi connectivity index (χ2n) is 11.1. The lowest BCUT2D eigenvalue weighted by Crippen LogP contribution is -1.96. The average Bonchev–Trinajstić information content (AvgIpc) is 3.74. The molecule has 0 aliphatic rings. The highest BCUT2D eigenvalue weighted by atomic mass is 16.1. The first-order chi connectivity index (χ1) is 23.2. The minimum absolute atomic E-state index is 0.348. The molecule has 0 bridgehead atoms. The molecule has 226 valence electrons. The van der Waals surface area contributed by atoms with Gasteiger partial charge in [-0.2, -0.15) is 0 Å². The van der Waals surface area contributed by atoms with Crippen molar-refractivity contribution >= 4 is 34.6 Å². The quantitative estimate of drug-likeness (QED) is 0.190. The summed E-state index contributed by atoms with van der Waals surface area (Å²) in [5, 5.41) is 0. The molecule has 0 saturated carbocycles. The summed E-state index contributed by atoms with van der Waals surface area (Å²) >= 11 is 0. The van der Waals surface area contributed by atoms with Crippen molar-refractivity contribution in [1.82, 2.24) is 19.5 Å². The fourth-order valence-electron chi connectivity index (χ4n) is 6.02. The zero-order valence-corrected chi connectivity index (χ0v) is 25.7. The van der Waals surface area contributed by atoms with E-state index in [0.717, 1.165) is 79.1 Å². The maximum absolute atomic E-state index is 11.4. The van der Waals surface area contributed by atoms with Crippen LogP contribution in [0.15, 0.2) is 146 Å². The molecule has 0 spiro atoms. The lowest BCUT2D eigenvalue weighted by atomic mass is 9.98. The van der Waals surface area contributed by atoms with E-state index in [4.69, 9.17) is 0 Å². The number of fused-ring (bicyclic) bond motifs is 2. The summed E-state index contributed by atoms with van der Waals surface area (Å²) in [6.45, 7) is 0. The van der Waals surface area contributed by atoms with E-state index in [9.17, 15) is 9.59 Å². The predicted octanol–water partition coefficient (Wildman–Crippen LogP) is 9.43. The summed E-state index contributed by atoms with van der Waals surface area (Å²) in [7, 11) is 1.89. The van der Waals surface area contributed by atoms with E-state index in [1.165, 1.54) is 0 Å². The van der Waals surface area contributed by atoms with Gasteiger partial charge in [-0.1, -0.05) is 146 Å². The molecule has 0 saturated heterocycles. The number of hydrogen-bond acceptors (Lipinski definition) is 4. The van der Waals surface area contributed by atoms with Gasteiger partial charge in [0.25, 0.3) is 0 Å². The van der Waals surface area contributed by atoms with Crippen molar-refractivity contribution in [2.24, 2.45) is 7.05 Å². The van der Waals surface area contributed by atoms with Gasteiger partial charge in [0.2, 0.25) is 0 Å². The Hall–Kier alpha value is -6.40. The van der Waals surface area contributed by atoms with Crippen molar-refractivity contribution in [3.63, 3.8) is 0 Å². The Bertz CT molecular complexity index is 2250. The molecule has 0 aliphatic heterocycles. The minimum atomic E-state index is 0.348. The minimum Gasteiger partial charge on any atom is -0.335 e. The van der Waals surface area contributed by atoms with Crippen LogP contribution in [0.2, 0.25) is 0 Å². The normalized spacial score (nSPS) is 10.8. The maximum atomic E-state index is 11.4. The number of rotatable bonds is 6. The number of nitrogens with zero attached hydrogens (tertiary/aromatic N) is 3. The molecule has 6 heteroatoms. The van der Waals surface area contributed by atoms with Crippen LogP contribution in [0, 0.1) is 0 Å². The Kier molecular flexibility index (Phi) is 8.05. The maximum Gasteiger partial charge on any atom is 0.185 e. The van der Waals surface area contributed by atoms with Crippen LogP contribution in [-0.2, 0) is 7.05 Å². The Labute approximate surface area is 272 Å². The van der Waals surface area contributed by atoms with E-state index >= 15 is 0 Å². The van der Waals surface area contributed by atoms with Crippen molar-refractivity contribution in [3.05, 3.63) is 157 Å². The van der Waals surface area contributed by atoms with Gasteiger partial charge in [-0.3, -0.25) is 9.59 Å². The Morgan fingerprint density at radius 1 is 0.489 bits per heavy atom. The predicted molar refractivity (Wildman–Crippen MR) is 189 cm³/mol. The van der Waals surface area contributed by atoms with Gasteiger partial charge in [0.15, 0.2) is 24.2 Å². The van der Waals surface area contributed by atoms with Crippen LogP contribution in [0.5, 0.6) is 0 Å². The van der Waals surface area contributed by atoms with Gasteiger partial charge >= 0.3 is 0 Å². The summed E-state index contributed by atoms with van der Waals surface area (Å²) < 4.78 is 1.87. The van der Waals surface area contributed by atoms with Gasteiger partial charge in [-0.25, -0.2) is 9.97 Å². The van der Waals surface area contributed by atoms with E-state index in [-0.39, 0.29) is 0 Å². The zero-order chi connectivity index (χ0) is 32.2. The molecular weight excluding hydrogens is 580 g/mol. The topological polar surface area (TPSA) is 80.6 Å². The highest BCUT2D eigenvalue weighted by molar-refractivity contribution is 6.03. The van der Waals surface area contributed by atoms with Gasteiger partial charge in [-0.15, -0.1) is 0 Å². The first kappa shape index (κ1) is 29.3. The van der Waals surface area contributed by atoms with Crippen LogP contribution in [0.1, 0.15) is 21.2 Å². The fourth-order valence-corrected chi connectivity index (χ4v) is 6.02. The van der Waals surface area contributed by atoms with E-state index in [2.05, 4.69) is 75.6 Å². The van der Waals surface area contributed by atoms with Crippen LogP contribution in [-0.4, -0.2) is 32.1 Å². The van der Waals surface area contributed by atoms with E-state index in [1.54, 1.807) is 0 Å². The summed E-state index contributed by atoms with van der Waals surface area (Å²) in [4.78, 5) is 34.8. The van der Waals surface area contributed by atoms with E-state index < -0.39 is 0 Å². The molecule has 47 heavy (non-hydrogen) atoms. The number of aromatic nitrogens is 4. The number of aldehydes is 2. The highest BCUT2D eigenvalue weighted by Gasteiger charge is 2.17. The number of hydrogen-bond donors (Lipinski definition) is 1. The second-order valence-corrected chi connectivity index (χ2v) is 11.1. The standard InChI is InChI=1S/C21H16N2O.C20H14N2O/c1-23-19(14-24)22-20-17(15-8-4-2-5-9-15)12-13-18(21(20)23)16-10-6-3-7-11-16;23-13-18-21-19-16(14-7-3-1-4-8-14)11-12-17(20(19)22-18)15-9-5-2-6-10-15/h2-14H,1H3;1-13H,(H,21,22). The highest BCUT2D eigenvalue weighted by Crippen LogP contribution is 2.36. The number of benzene rings is 6.